The smallest absolute Gasteiger partial charge is 0.266 e. The molecule has 0 bridgehead atoms. The van der Waals surface area contributed by atoms with Gasteiger partial charge in [0.1, 0.15) is 46.0 Å². The van der Waals surface area contributed by atoms with Crippen LogP contribution in [0.3, 0.4) is 0 Å². The lowest BCUT2D eigenvalue weighted by Gasteiger charge is -2.32. The van der Waals surface area contributed by atoms with Gasteiger partial charge < -0.3 is 33.2 Å². The normalized spacial score (nSPS) is 13.2. The second-order valence-electron chi connectivity index (χ2n) is 37.8. The number of fused-ring (bicyclic) bond motifs is 2. The van der Waals surface area contributed by atoms with Crippen LogP contribution in [0, 0.1) is 0 Å². The van der Waals surface area contributed by atoms with Gasteiger partial charge in [0.25, 0.3) is 23.6 Å². The quantitative estimate of drug-likeness (QED) is 0.0168. The molecule has 0 atom stereocenters. The number of nitrogens with zero attached hydrogens (tertiary/aromatic N) is 1. The molecule has 0 radical (unpaired) electrons. The van der Waals surface area contributed by atoms with E-state index in [4.69, 9.17) is 33.2 Å². The maximum atomic E-state index is 17.0. The van der Waals surface area contributed by atoms with Crippen LogP contribution < -0.4 is 43.4 Å². The van der Waals surface area contributed by atoms with Crippen LogP contribution in [-0.4, -0.2) is 43.4 Å². The number of imide groups is 2. The number of anilines is 1. The van der Waals surface area contributed by atoms with Gasteiger partial charge in [-0.15, -0.1) is 0 Å². The van der Waals surface area contributed by atoms with Crippen molar-refractivity contribution in [3.05, 3.63) is 178 Å². The Bertz CT molecular complexity index is 4810. The highest BCUT2D eigenvalue weighted by atomic mass is 16.5. The molecular weight excluding hydrogens is 1480 g/mol. The number of ether oxygens (including phenoxy) is 7. The number of carbonyl (C=O) groups excluding carboxylic acids is 4. The Balaban J connectivity index is 1.09. The van der Waals surface area contributed by atoms with E-state index in [0.717, 1.165) is 80.0 Å². The Kier molecular flexibility index (Phi) is 29.9. The van der Waals surface area contributed by atoms with Crippen LogP contribution in [0.4, 0.5) is 5.69 Å². The first-order valence-electron chi connectivity index (χ1n) is 45.5. The molecule has 0 fully saturated rings. The fourth-order valence-corrected chi connectivity index (χ4v) is 16.9. The summed E-state index contributed by atoms with van der Waals surface area (Å²) < 4.78 is 50.5. The lowest BCUT2D eigenvalue weighted by Crippen LogP contribution is -2.40. The molecule has 2 heterocycles. The van der Waals surface area contributed by atoms with E-state index in [2.05, 4.69) is 109 Å². The molecule has 13 heteroatoms. The fraction of sp³-hybridized carbons (Fsp3) is 0.491. The third-order valence-electron chi connectivity index (χ3n) is 24.1. The molecule has 0 aromatic heterocycles. The van der Waals surface area contributed by atoms with Gasteiger partial charge in [-0.1, -0.05) is 326 Å². The van der Waals surface area contributed by atoms with Gasteiger partial charge in [-0.3, -0.25) is 24.5 Å². The Labute approximate surface area is 710 Å². The van der Waals surface area contributed by atoms with Gasteiger partial charge in [-0.25, -0.2) is 4.90 Å². The molecule has 0 saturated heterocycles. The first-order valence-corrected chi connectivity index (χ1v) is 45.5. The van der Waals surface area contributed by atoms with Crippen molar-refractivity contribution in [1.29, 1.82) is 0 Å². The van der Waals surface area contributed by atoms with Crippen molar-refractivity contribution in [2.75, 3.05) is 24.7 Å². The second kappa shape index (κ2) is 40.2. The zero-order valence-electron chi connectivity index (χ0n) is 74.5. The van der Waals surface area contributed by atoms with Crippen LogP contribution in [0.5, 0.6) is 63.2 Å². The summed E-state index contributed by atoms with van der Waals surface area (Å²) in [5, 5.41) is 5.90. The summed E-state index contributed by atoms with van der Waals surface area (Å²) in [6.45, 7) is 33.9. The number of unbranched alkanes of at least 4 members (excludes halogenated alkanes) is 27. The SMILES string of the molecule is CCCCCCCCCCCCOc1cc(N2C(=O)c3cc(Oc4ccc(C(C)(C)C)cc4)c4c5c(Oc6ccc(C(C)(C)C)cc6)cc6c7c(cc(Oc8ccc(C(C)(C)C)cc8)c(c8c(Oc9ccc(C(C)(C)C)cc9)cc(c3c48)C2=O)c75)C(=O)NC6=O)cc(OCCCCCCCCCCCC)c1OCCCCCCCCCCCC. The summed E-state index contributed by atoms with van der Waals surface area (Å²) in [5.74, 6) is 1.54. The van der Waals surface area contributed by atoms with Gasteiger partial charge in [-0.2, -0.15) is 0 Å². The average Bonchev–Trinajstić information content (AvgIpc) is 0.672. The monoisotopic (exact) mass is 1610 g/mol. The molecule has 2 aliphatic heterocycles. The van der Waals surface area contributed by atoms with Gasteiger partial charge in [0.05, 0.1) is 47.8 Å². The van der Waals surface area contributed by atoms with Crippen LogP contribution >= 0.6 is 0 Å². The summed E-state index contributed by atoms with van der Waals surface area (Å²) in [4.78, 5) is 65.3. The Hall–Kier alpha value is -9.62. The van der Waals surface area contributed by atoms with E-state index < -0.39 is 23.6 Å². The van der Waals surface area contributed by atoms with Gasteiger partial charge in [0.2, 0.25) is 5.75 Å². The molecule has 4 amide bonds. The van der Waals surface area contributed by atoms with Gasteiger partial charge in [0.15, 0.2) is 11.5 Å². The molecule has 0 saturated carbocycles. The minimum Gasteiger partial charge on any atom is -0.489 e. The maximum Gasteiger partial charge on any atom is 0.266 e. The predicted octanol–water partition coefficient (Wildman–Crippen LogP) is 30.7. The molecule has 10 aromatic carbocycles. The largest absolute Gasteiger partial charge is 0.489 e. The topological polar surface area (TPSA) is 148 Å². The molecule has 13 nitrogen and oxygen atoms in total. The van der Waals surface area contributed by atoms with Crippen LogP contribution in [0.1, 0.15) is 360 Å². The number of nitrogens with one attached hydrogen (secondary N) is 1. The highest BCUT2D eigenvalue weighted by molar-refractivity contribution is 6.46. The molecule has 0 spiro atoms. The molecule has 119 heavy (non-hydrogen) atoms. The summed E-state index contributed by atoms with van der Waals surface area (Å²) in [5.41, 5.74) is 4.44. The van der Waals surface area contributed by atoms with E-state index in [9.17, 15) is 9.59 Å². The van der Waals surface area contributed by atoms with Crippen LogP contribution in [-0.2, 0) is 21.7 Å². The molecule has 634 valence electrons. The molecule has 0 aliphatic carbocycles. The molecule has 1 N–H and O–H groups in total. The van der Waals surface area contributed by atoms with Crippen molar-refractivity contribution in [3.63, 3.8) is 0 Å². The van der Waals surface area contributed by atoms with Crippen molar-refractivity contribution in [3.8, 4) is 63.2 Å². The Morgan fingerprint density at radius 3 is 0.756 bits per heavy atom. The molecule has 0 unspecified atom stereocenters. The number of hydrogen-bond acceptors (Lipinski definition) is 11. The van der Waals surface area contributed by atoms with Crippen molar-refractivity contribution in [1.82, 2.24) is 5.32 Å². The third kappa shape index (κ3) is 21.8. The number of benzene rings is 10. The maximum absolute atomic E-state index is 17.0. The lowest BCUT2D eigenvalue weighted by molar-refractivity contribution is 0.0839. The van der Waals surface area contributed by atoms with Crippen molar-refractivity contribution in [2.24, 2.45) is 0 Å². The highest BCUT2D eigenvalue weighted by Crippen LogP contribution is 2.59. The predicted molar refractivity (Wildman–Crippen MR) is 490 cm³/mol. The first-order chi connectivity index (χ1) is 57.2. The lowest BCUT2D eigenvalue weighted by atomic mass is 9.80. The minimum atomic E-state index is -0.621. The second-order valence-corrected chi connectivity index (χ2v) is 37.8. The summed E-state index contributed by atoms with van der Waals surface area (Å²) in [6.07, 6.45) is 35.0. The van der Waals surface area contributed by atoms with Crippen molar-refractivity contribution < 1.29 is 52.3 Å². The van der Waals surface area contributed by atoms with Crippen molar-refractivity contribution in [2.45, 2.75) is 318 Å². The fourth-order valence-electron chi connectivity index (χ4n) is 16.9. The number of amides is 4. The Morgan fingerprint density at radius 1 is 0.261 bits per heavy atom. The van der Waals surface area contributed by atoms with E-state index in [-0.39, 0.29) is 72.6 Å². The number of carbonyl (C=O) groups is 4. The van der Waals surface area contributed by atoms with Gasteiger partial charge >= 0.3 is 0 Å². The standard InChI is InChI=1S/C106H134N2O11/c1-16-19-22-25-28-31-34-37-40-43-62-113-88-65-75(66-89(114-63-44-41-38-35-32-29-26-23-20-17-2)98(88)115-64-45-42-39-36-33-30-27-24-21-18-3)108-101(111)82-69-86(118-78-58-50-73(51-59-78)105(10,11)12)94-92-84(116-76-54-46-71(47-55-76)103(4,5)6)67-80-90-81(100(110)107-99(80)109)68-85(117-77-56-48-72(49-57-77)104(7,8)9)93(96(90)92)95-87(70-83(102(108)112)91(82)97(94)95)119-79-60-52-74(53-61-79)106(13,14)15/h46-61,65-70H,16-45,62-64H2,1-15H3,(H,107,109,110). The minimum absolute atomic E-state index is 0.160. The molecule has 10 aromatic rings. The number of rotatable bonds is 45. The number of hydrogen-bond donors (Lipinski definition) is 1. The van der Waals surface area contributed by atoms with Crippen molar-refractivity contribution >= 4 is 72.4 Å². The van der Waals surface area contributed by atoms with Gasteiger partial charge in [-0.05, 0) is 136 Å². The van der Waals surface area contributed by atoms with E-state index in [0.29, 0.717) is 103 Å². The third-order valence-corrected chi connectivity index (χ3v) is 24.1. The van der Waals surface area contributed by atoms with E-state index in [1.807, 2.05) is 97.1 Å². The van der Waals surface area contributed by atoms with E-state index >= 15 is 9.59 Å². The van der Waals surface area contributed by atoms with E-state index in [1.54, 1.807) is 36.4 Å². The van der Waals surface area contributed by atoms with Crippen LogP contribution in [0.25, 0.3) is 43.1 Å². The van der Waals surface area contributed by atoms with Crippen LogP contribution in [0.15, 0.2) is 133 Å². The molecule has 12 rings (SSSR count). The summed E-state index contributed by atoms with van der Waals surface area (Å²) in [7, 11) is 0. The molecular formula is C106H134N2O11. The zero-order valence-corrected chi connectivity index (χ0v) is 74.5. The zero-order chi connectivity index (χ0) is 84.6. The van der Waals surface area contributed by atoms with E-state index in [1.165, 1.54) is 140 Å². The summed E-state index contributed by atoms with van der Waals surface area (Å²) in [6, 6.07) is 42.2. The molecule has 2 aliphatic rings. The van der Waals surface area contributed by atoms with Gasteiger partial charge in [0, 0.05) is 55.2 Å². The first kappa shape index (κ1) is 88.7. The Morgan fingerprint density at radius 2 is 0.496 bits per heavy atom. The summed E-state index contributed by atoms with van der Waals surface area (Å²) >= 11 is 0. The highest BCUT2D eigenvalue weighted by Gasteiger charge is 2.42. The average molecular weight is 1610 g/mol. The van der Waals surface area contributed by atoms with Crippen LogP contribution in [0.2, 0.25) is 0 Å².